The van der Waals surface area contributed by atoms with E-state index in [2.05, 4.69) is 15.9 Å². The van der Waals surface area contributed by atoms with Gasteiger partial charge in [-0.05, 0) is 42.3 Å². The lowest BCUT2D eigenvalue weighted by atomic mass is 10.0. The molecule has 4 nitrogen and oxygen atoms in total. The fourth-order valence-electron chi connectivity index (χ4n) is 3.23. The third-order valence-corrected chi connectivity index (χ3v) is 5.12. The van der Waals surface area contributed by atoms with E-state index in [1.807, 2.05) is 54.6 Å². The van der Waals surface area contributed by atoms with Crippen LogP contribution < -0.4 is 10.2 Å². The van der Waals surface area contributed by atoms with Gasteiger partial charge in [-0.15, -0.1) is 0 Å². The van der Waals surface area contributed by atoms with Gasteiger partial charge < -0.3 is 9.15 Å². The van der Waals surface area contributed by atoms with E-state index in [1.165, 1.54) is 0 Å². The molecule has 0 radical (unpaired) electrons. The van der Waals surface area contributed by atoms with E-state index in [-0.39, 0.29) is 17.8 Å². The summed E-state index contributed by atoms with van der Waals surface area (Å²) in [6.07, 6.45) is 0.171. The Balaban J connectivity index is 1.65. The highest BCUT2D eigenvalue weighted by Crippen LogP contribution is 2.27. The van der Waals surface area contributed by atoms with Crippen LogP contribution in [0.1, 0.15) is 11.3 Å². The molecule has 0 amide bonds. The van der Waals surface area contributed by atoms with Crippen LogP contribution in [0.25, 0.3) is 22.1 Å². The number of fused-ring (bicyclic) bond motifs is 1. The number of halogens is 1. The number of ether oxygens (including phenoxy) is 1. The molecule has 0 aliphatic rings. The topological polar surface area (TPSA) is 56.5 Å². The van der Waals surface area contributed by atoms with E-state index in [0.29, 0.717) is 28.0 Å². The molecule has 0 unspecified atom stereocenters. The van der Waals surface area contributed by atoms with Crippen molar-refractivity contribution in [3.8, 4) is 16.9 Å². The summed E-state index contributed by atoms with van der Waals surface area (Å²) in [6.45, 7) is 1.76. The second-order valence-corrected chi connectivity index (χ2v) is 7.58. The van der Waals surface area contributed by atoms with Gasteiger partial charge in [-0.3, -0.25) is 9.59 Å². The molecule has 0 atom stereocenters. The van der Waals surface area contributed by atoms with Gasteiger partial charge in [0.05, 0.1) is 17.4 Å². The molecule has 29 heavy (non-hydrogen) atoms. The molecule has 0 N–H and O–H groups in total. The lowest BCUT2D eigenvalue weighted by Gasteiger charge is -2.09. The number of carbonyl (C=O) groups is 1. The summed E-state index contributed by atoms with van der Waals surface area (Å²) in [7, 11) is 0. The molecule has 1 aromatic heterocycles. The molecule has 0 spiro atoms. The van der Waals surface area contributed by atoms with Gasteiger partial charge in [0.25, 0.3) is 0 Å². The van der Waals surface area contributed by atoms with Crippen LogP contribution >= 0.6 is 15.9 Å². The smallest absolute Gasteiger partial charge is 0.315 e. The highest BCUT2D eigenvalue weighted by molar-refractivity contribution is 9.10. The Labute approximate surface area is 175 Å². The number of hydrogen-bond donors (Lipinski definition) is 0. The van der Waals surface area contributed by atoms with Crippen molar-refractivity contribution in [2.45, 2.75) is 13.3 Å². The predicted octanol–water partition coefficient (Wildman–Crippen LogP) is 5.68. The molecule has 5 heteroatoms. The molecular weight excluding hydrogens is 432 g/mol. The first-order valence-corrected chi connectivity index (χ1v) is 9.88. The van der Waals surface area contributed by atoms with E-state index in [4.69, 9.17) is 9.15 Å². The molecule has 4 aromatic rings. The lowest BCUT2D eigenvalue weighted by molar-refractivity contribution is -0.133. The number of esters is 1. The van der Waals surface area contributed by atoms with Gasteiger partial charge in [-0.2, -0.15) is 0 Å². The van der Waals surface area contributed by atoms with Gasteiger partial charge in [0.2, 0.25) is 5.43 Å². The summed E-state index contributed by atoms with van der Waals surface area (Å²) in [5.74, 6) is 0.482. The third-order valence-electron chi connectivity index (χ3n) is 4.60. The average molecular weight is 449 g/mol. The van der Waals surface area contributed by atoms with Gasteiger partial charge in [0.15, 0.2) is 0 Å². The highest BCUT2D eigenvalue weighted by atomic mass is 79.9. The Morgan fingerprint density at radius 2 is 1.72 bits per heavy atom. The Morgan fingerprint density at radius 1 is 1.00 bits per heavy atom. The minimum atomic E-state index is -0.374. The standard InChI is InChI=1S/C24H17BrO4/c1-15-23(17-7-9-18(25)10-8-17)24(27)20-12-11-19(14-21(20)28-15)29-22(26)13-16-5-3-2-4-6-16/h2-12,14H,13H2,1H3. The van der Waals surface area contributed by atoms with Gasteiger partial charge >= 0.3 is 5.97 Å². The second-order valence-electron chi connectivity index (χ2n) is 6.66. The first kappa shape index (κ1) is 19.2. The number of hydrogen-bond acceptors (Lipinski definition) is 4. The molecule has 0 aliphatic heterocycles. The minimum absolute atomic E-state index is 0.117. The minimum Gasteiger partial charge on any atom is -0.460 e. The maximum atomic E-state index is 13.0. The highest BCUT2D eigenvalue weighted by Gasteiger charge is 2.15. The monoisotopic (exact) mass is 448 g/mol. The molecule has 0 saturated heterocycles. The van der Waals surface area contributed by atoms with Crippen LogP contribution in [0, 0.1) is 6.92 Å². The molecule has 1 heterocycles. The molecule has 0 aliphatic carbocycles. The largest absolute Gasteiger partial charge is 0.460 e. The van der Waals surface area contributed by atoms with Crippen molar-refractivity contribution >= 4 is 32.9 Å². The second kappa shape index (κ2) is 8.05. The van der Waals surface area contributed by atoms with Crippen LogP contribution in [-0.4, -0.2) is 5.97 Å². The zero-order valence-electron chi connectivity index (χ0n) is 15.6. The zero-order chi connectivity index (χ0) is 20.4. The molecular formula is C24H17BrO4. The van der Waals surface area contributed by atoms with Crippen LogP contribution in [0.3, 0.4) is 0 Å². The van der Waals surface area contributed by atoms with E-state index in [0.717, 1.165) is 15.6 Å². The first-order valence-electron chi connectivity index (χ1n) is 9.09. The molecule has 3 aromatic carbocycles. The van der Waals surface area contributed by atoms with Crippen LogP contribution in [0.5, 0.6) is 5.75 Å². The van der Waals surface area contributed by atoms with Crippen LogP contribution in [0.2, 0.25) is 0 Å². The lowest BCUT2D eigenvalue weighted by Crippen LogP contribution is -2.12. The maximum Gasteiger partial charge on any atom is 0.315 e. The van der Waals surface area contributed by atoms with Gasteiger partial charge in [0, 0.05) is 10.5 Å². The summed E-state index contributed by atoms with van der Waals surface area (Å²) >= 11 is 3.40. The van der Waals surface area contributed by atoms with Gasteiger partial charge in [0.1, 0.15) is 17.1 Å². The van der Waals surface area contributed by atoms with E-state index in [9.17, 15) is 9.59 Å². The predicted molar refractivity (Wildman–Crippen MR) is 116 cm³/mol. The van der Waals surface area contributed by atoms with E-state index < -0.39 is 0 Å². The van der Waals surface area contributed by atoms with Crippen LogP contribution in [-0.2, 0) is 11.2 Å². The number of carbonyl (C=O) groups excluding carboxylic acids is 1. The normalized spacial score (nSPS) is 10.8. The first-order chi connectivity index (χ1) is 14.0. The quantitative estimate of drug-likeness (QED) is 0.297. The van der Waals surface area contributed by atoms with E-state index in [1.54, 1.807) is 25.1 Å². The molecule has 0 bridgehead atoms. The molecule has 4 rings (SSSR count). The van der Waals surface area contributed by atoms with Crippen molar-refractivity contribution in [3.63, 3.8) is 0 Å². The number of rotatable bonds is 4. The summed E-state index contributed by atoms with van der Waals surface area (Å²) in [5, 5.41) is 0.441. The molecule has 0 saturated carbocycles. The van der Waals surface area contributed by atoms with Crippen molar-refractivity contribution < 1.29 is 13.9 Å². The van der Waals surface area contributed by atoms with Gasteiger partial charge in [-0.25, -0.2) is 0 Å². The maximum absolute atomic E-state index is 13.0. The Kier molecular flexibility index (Phi) is 5.32. The summed E-state index contributed by atoms with van der Waals surface area (Å²) in [5.41, 5.74) is 2.46. The summed E-state index contributed by atoms with van der Waals surface area (Å²) < 4.78 is 12.3. The SMILES string of the molecule is Cc1oc2cc(OC(=O)Cc3ccccc3)ccc2c(=O)c1-c1ccc(Br)cc1. The van der Waals surface area contributed by atoms with Crippen molar-refractivity contribution in [2.75, 3.05) is 0 Å². The molecule has 0 fully saturated rings. The van der Waals surface area contributed by atoms with Crippen LogP contribution in [0.4, 0.5) is 0 Å². The van der Waals surface area contributed by atoms with Crippen molar-refractivity contribution in [1.82, 2.24) is 0 Å². The Morgan fingerprint density at radius 3 is 2.45 bits per heavy atom. The van der Waals surface area contributed by atoms with E-state index >= 15 is 0 Å². The van der Waals surface area contributed by atoms with Crippen LogP contribution in [0.15, 0.2) is 86.5 Å². The van der Waals surface area contributed by atoms with Crippen molar-refractivity contribution in [3.05, 3.63) is 98.8 Å². The summed E-state index contributed by atoms with van der Waals surface area (Å²) in [4.78, 5) is 25.2. The Hall–Kier alpha value is -3.18. The third kappa shape index (κ3) is 4.15. The number of aryl methyl sites for hydroxylation is 1. The van der Waals surface area contributed by atoms with Crippen molar-refractivity contribution in [1.29, 1.82) is 0 Å². The average Bonchev–Trinajstić information content (AvgIpc) is 2.70. The summed E-state index contributed by atoms with van der Waals surface area (Å²) in [6, 6.07) is 21.7. The van der Waals surface area contributed by atoms with Gasteiger partial charge in [-0.1, -0.05) is 58.4 Å². The fourth-order valence-corrected chi connectivity index (χ4v) is 3.49. The zero-order valence-corrected chi connectivity index (χ0v) is 17.2. The van der Waals surface area contributed by atoms with Crippen molar-refractivity contribution in [2.24, 2.45) is 0 Å². The number of benzene rings is 3. The fraction of sp³-hybridized carbons (Fsp3) is 0.0833. The molecule has 144 valence electrons. The Bertz CT molecular complexity index is 1240.